The highest BCUT2D eigenvalue weighted by Gasteiger charge is 2.34. The second kappa shape index (κ2) is 8.00. The number of amides is 3. The lowest BCUT2D eigenvalue weighted by atomic mass is 10.1. The van der Waals surface area contributed by atoms with Gasteiger partial charge < -0.3 is 14.7 Å². The van der Waals surface area contributed by atoms with Crippen molar-refractivity contribution in [1.29, 1.82) is 0 Å². The van der Waals surface area contributed by atoms with Crippen molar-refractivity contribution in [3.63, 3.8) is 0 Å². The van der Waals surface area contributed by atoms with Crippen LogP contribution in [0.2, 0.25) is 0 Å². The number of carbonyl (C=O) groups excluding carboxylic acids is 3. The Labute approximate surface area is 164 Å². The molecule has 2 fully saturated rings. The van der Waals surface area contributed by atoms with Crippen LogP contribution < -0.4 is 0 Å². The van der Waals surface area contributed by atoms with E-state index in [9.17, 15) is 14.4 Å². The number of nitrogens with zero attached hydrogens (tertiary/aromatic N) is 3. The van der Waals surface area contributed by atoms with Crippen LogP contribution in [0.3, 0.4) is 0 Å². The molecular formula is C20H27N3O3S. The van der Waals surface area contributed by atoms with Gasteiger partial charge >= 0.3 is 0 Å². The van der Waals surface area contributed by atoms with Gasteiger partial charge in [-0.1, -0.05) is 0 Å². The smallest absolute Gasteiger partial charge is 0.225 e. The Balaban J connectivity index is 1.23. The van der Waals surface area contributed by atoms with Crippen LogP contribution in [-0.4, -0.2) is 65.1 Å². The van der Waals surface area contributed by atoms with Crippen LogP contribution in [0.4, 0.5) is 0 Å². The topological polar surface area (TPSA) is 60.9 Å². The van der Waals surface area contributed by atoms with E-state index < -0.39 is 0 Å². The molecule has 146 valence electrons. The number of hydrogen-bond donors (Lipinski definition) is 0. The molecule has 3 heterocycles. The van der Waals surface area contributed by atoms with Crippen LogP contribution in [-0.2, 0) is 27.3 Å². The molecule has 2 aliphatic heterocycles. The van der Waals surface area contributed by atoms with E-state index in [0.717, 1.165) is 38.8 Å². The third-order valence-electron chi connectivity index (χ3n) is 5.80. The van der Waals surface area contributed by atoms with E-state index in [1.807, 2.05) is 14.7 Å². The summed E-state index contributed by atoms with van der Waals surface area (Å²) in [5, 5.41) is 2.08. The summed E-state index contributed by atoms with van der Waals surface area (Å²) in [6.07, 6.45) is 4.32. The molecule has 1 aromatic rings. The lowest BCUT2D eigenvalue weighted by molar-refractivity contribution is -0.137. The van der Waals surface area contributed by atoms with Crippen LogP contribution in [0.5, 0.6) is 0 Å². The van der Waals surface area contributed by atoms with Crippen molar-refractivity contribution in [2.24, 2.45) is 5.92 Å². The highest BCUT2D eigenvalue weighted by molar-refractivity contribution is 7.10. The van der Waals surface area contributed by atoms with Gasteiger partial charge in [0, 0.05) is 62.9 Å². The first-order valence-electron chi connectivity index (χ1n) is 10.0. The number of hydrogen-bond acceptors (Lipinski definition) is 4. The minimum Gasteiger partial charge on any atom is -0.341 e. The molecule has 3 amide bonds. The highest BCUT2D eigenvalue weighted by Crippen LogP contribution is 2.31. The molecule has 3 aliphatic rings. The van der Waals surface area contributed by atoms with Crippen LogP contribution in [0.25, 0.3) is 0 Å². The summed E-state index contributed by atoms with van der Waals surface area (Å²) in [7, 11) is 0. The van der Waals surface area contributed by atoms with Gasteiger partial charge in [0.25, 0.3) is 0 Å². The van der Waals surface area contributed by atoms with Crippen LogP contribution >= 0.6 is 11.3 Å². The van der Waals surface area contributed by atoms with Crippen molar-refractivity contribution in [2.75, 3.05) is 32.7 Å². The SMILES string of the molecule is O=C(CCC(=O)N1CCc2sccc2C1)N1CCCN(C(=O)C2CC2)CC1. The molecule has 0 bridgehead atoms. The van der Waals surface area contributed by atoms with Crippen molar-refractivity contribution < 1.29 is 14.4 Å². The number of rotatable bonds is 4. The molecule has 0 atom stereocenters. The van der Waals surface area contributed by atoms with E-state index in [4.69, 9.17) is 0 Å². The Morgan fingerprint density at radius 2 is 1.63 bits per heavy atom. The zero-order valence-corrected chi connectivity index (χ0v) is 16.5. The summed E-state index contributed by atoms with van der Waals surface area (Å²) < 4.78 is 0. The molecule has 7 heteroatoms. The van der Waals surface area contributed by atoms with E-state index >= 15 is 0 Å². The monoisotopic (exact) mass is 389 g/mol. The average molecular weight is 390 g/mol. The Morgan fingerprint density at radius 3 is 2.41 bits per heavy atom. The summed E-state index contributed by atoms with van der Waals surface area (Å²) in [5.41, 5.74) is 1.25. The van der Waals surface area contributed by atoms with E-state index in [1.54, 1.807) is 11.3 Å². The standard InChI is InChI=1S/C20H27N3O3S/c24-18(21-8-1-9-22(12-11-21)20(26)15-2-3-15)4-5-19(25)23-10-6-17-16(14-23)7-13-27-17/h7,13,15H,1-6,8-12,14H2. The molecule has 0 radical (unpaired) electrons. The maximum atomic E-state index is 12.6. The zero-order valence-electron chi connectivity index (χ0n) is 15.7. The average Bonchev–Trinajstić information content (AvgIpc) is 3.47. The largest absolute Gasteiger partial charge is 0.341 e. The van der Waals surface area contributed by atoms with E-state index in [2.05, 4.69) is 11.4 Å². The first kappa shape index (κ1) is 18.5. The predicted octanol–water partition coefficient (Wildman–Crippen LogP) is 1.88. The molecule has 27 heavy (non-hydrogen) atoms. The fourth-order valence-electron chi connectivity index (χ4n) is 3.97. The summed E-state index contributed by atoms with van der Waals surface area (Å²) in [5.74, 6) is 0.605. The maximum absolute atomic E-state index is 12.6. The molecule has 6 nitrogen and oxygen atoms in total. The van der Waals surface area contributed by atoms with Gasteiger partial charge in [-0.3, -0.25) is 14.4 Å². The van der Waals surface area contributed by atoms with E-state index in [0.29, 0.717) is 26.2 Å². The molecule has 0 unspecified atom stereocenters. The second-order valence-corrected chi connectivity index (χ2v) is 8.77. The predicted molar refractivity (Wildman–Crippen MR) is 103 cm³/mol. The second-order valence-electron chi connectivity index (χ2n) is 7.77. The van der Waals surface area contributed by atoms with Crippen molar-refractivity contribution in [2.45, 2.75) is 45.1 Å². The molecular weight excluding hydrogens is 362 g/mol. The minimum absolute atomic E-state index is 0.0392. The van der Waals surface area contributed by atoms with Gasteiger partial charge in [-0.15, -0.1) is 11.3 Å². The van der Waals surface area contributed by atoms with Crippen molar-refractivity contribution in [3.8, 4) is 0 Å². The van der Waals surface area contributed by atoms with Crippen LogP contribution in [0, 0.1) is 5.92 Å². The Bertz CT molecular complexity index is 728. The number of carbonyl (C=O) groups is 3. The molecule has 4 rings (SSSR count). The summed E-state index contributed by atoms with van der Waals surface area (Å²) >= 11 is 1.76. The molecule has 1 saturated heterocycles. The number of thiophene rings is 1. The van der Waals surface area contributed by atoms with Crippen molar-refractivity contribution in [1.82, 2.24) is 14.7 Å². The Kier molecular flexibility index (Phi) is 5.48. The first-order valence-corrected chi connectivity index (χ1v) is 10.9. The first-order chi connectivity index (χ1) is 13.1. The molecule has 1 aromatic heterocycles. The van der Waals surface area contributed by atoms with Gasteiger partial charge in [0.2, 0.25) is 17.7 Å². The fraction of sp³-hybridized carbons (Fsp3) is 0.650. The van der Waals surface area contributed by atoms with Gasteiger partial charge in [0.15, 0.2) is 0 Å². The normalized spacial score (nSPS) is 20.2. The Hall–Kier alpha value is -1.89. The van der Waals surface area contributed by atoms with Crippen LogP contribution in [0.1, 0.15) is 42.5 Å². The minimum atomic E-state index is 0.0392. The van der Waals surface area contributed by atoms with Crippen molar-refractivity contribution >= 4 is 29.1 Å². The summed E-state index contributed by atoms with van der Waals surface area (Å²) in [6.45, 7) is 4.07. The maximum Gasteiger partial charge on any atom is 0.225 e. The van der Waals surface area contributed by atoms with Crippen LogP contribution in [0.15, 0.2) is 11.4 Å². The molecule has 1 aliphatic carbocycles. The van der Waals surface area contributed by atoms with Gasteiger partial charge in [-0.25, -0.2) is 0 Å². The quantitative estimate of drug-likeness (QED) is 0.790. The highest BCUT2D eigenvalue weighted by atomic mass is 32.1. The molecule has 0 N–H and O–H groups in total. The van der Waals surface area contributed by atoms with Crippen molar-refractivity contribution in [3.05, 3.63) is 21.9 Å². The summed E-state index contributed by atoms with van der Waals surface area (Å²) in [6, 6.07) is 2.09. The zero-order chi connectivity index (χ0) is 18.8. The summed E-state index contributed by atoms with van der Waals surface area (Å²) in [4.78, 5) is 44.3. The molecule has 0 aromatic carbocycles. The lowest BCUT2D eigenvalue weighted by Crippen LogP contribution is -2.39. The number of fused-ring (bicyclic) bond motifs is 1. The van der Waals surface area contributed by atoms with Gasteiger partial charge in [-0.2, -0.15) is 0 Å². The lowest BCUT2D eigenvalue weighted by Gasteiger charge is -2.27. The van der Waals surface area contributed by atoms with E-state index in [-0.39, 0.29) is 36.5 Å². The van der Waals surface area contributed by atoms with Gasteiger partial charge in [-0.05, 0) is 42.7 Å². The molecule has 1 saturated carbocycles. The van der Waals surface area contributed by atoms with Gasteiger partial charge in [0.05, 0.1) is 0 Å². The van der Waals surface area contributed by atoms with Gasteiger partial charge in [0.1, 0.15) is 0 Å². The molecule has 0 spiro atoms. The van der Waals surface area contributed by atoms with E-state index in [1.165, 1.54) is 10.4 Å². The third kappa shape index (κ3) is 4.34. The Morgan fingerprint density at radius 1 is 0.926 bits per heavy atom. The fourth-order valence-corrected chi connectivity index (χ4v) is 4.86. The third-order valence-corrected chi connectivity index (χ3v) is 6.82.